The highest BCUT2D eigenvalue weighted by atomic mass is 35.5. The van der Waals surface area contributed by atoms with Gasteiger partial charge in [-0.1, -0.05) is 81.4 Å². The van der Waals surface area contributed by atoms with Crippen molar-refractivity contribution in [1.82, 2.24) is 19.8 Å². The van der Waals surface area contributed by atoms with Gasteiger partial charge in [-0.05, 0) is 37.8 Å². The number of aromatic nitrogens is 2. The number of ether oxygens (including phenoxy) is 1. The van der Waals surface area contributed by atoms with Crippen molar-refractivity contribution in [2.45, 2.75) is 78.6 Å². The Hall–Kier alpha value is -3.40. The van der Waals surface area contributed by atoms with Gasteiger partial charge in [-0.3, -0.25) is 14.4 Å². The molecule has 11 heteroatoms. The molecule has 3 amide bonds. The Morgan fingerprint density at radius 2 is 1.66 bits per heavy atom. The standard InChI is InChI=1S/C18H22N4O2.C15H23NO2.2ClH/c1-14-6-5-9-22(14)18(24)16(10-15-7-3-2-4-8-15)21-11-17(19-12-21)20-13-23;1-12(16-14(17)15(2,3)4)10-18-11-13-8-6-5-7-9-13;;/h2-4,7-8,11-14,16H,5-6,9-10H2,1H3,(H,20,23);5-9,12H,10-11H2,1-4H3,(H,16,17);2*1H/t14-,16?;12-;;/m10../s1. The first-order valence-electron chi connectivity index (χ1n) is 14.6. The molecule has 3 atom stereocenters. The maximum atomic E-state index is 13.1. The SMILES string of the molecule is C[C@@H](COCc1ccccc1)NC(=O)C(C)(C)C.C[C@@H]1CCCN1C(=O)C(Cc1ccccc1)n1cnc(NC=O)c1.Cl.Cl. The van der Waals surface area contributed by atoms with Crippen LogP contribution in [0.15, 0.2) is 73.2 Å². The van der Waals surface area contributed by atoms with Crippen LogP contribution < -0.4 is 10.6 Å². The van der Waals surface area contributed by atoms with Crippen LogP contribution in [0.3, 0.4) is 0 Å². The lowest BCUT2D eigenvalue weighted by Crippen LogP contribution is -2.42. The predicted octanol–water partition coefficient (Wildman–Crippen LogP) is 5.84. The fourth-order valence-electron chi connectivity index (χ4n) is 4.66. The normalized spacial score (nSPS) is 15.4. The van der Waals surface area contributed by atoms with E-state index in [1.54, 1.807) is 17.1 Å². The van der Waals surface area contributed by atoms with Gasteiger partial charge in [-0.2, -0.15) is 0 Å². The van der Waals surface area contributed by atoms with Crippen LogP contribution in [-0.2, 0) is 32.1 Å². The van der Waals surface area contributed by atoms with Gasteiger partial charge in [-0.15, -0.1) is 24.8 Å². The number of nitrogens with one attached hydrogen (secondary N) is 2. The minimum absolute atomic E-state index is 0. The number of anilines is 1. The molecule has 1 unspecified atom stereocenters. The largest absolute Gasteiger partial charge is 0.375 e. The van der Waals surface area contributed by atoms with Crippen LogP contribution in [0.1, 0.15) is 64.6 Å². The number of rotatable bonds is 11. The molecule has 4 rings (SSSR count). The number of hydrogen-bond acceptors (Lipinski definition) is 5. The molecule has 2 heterocycles. The topological polar surface area (TPSA) is 106 Å². The highest BCUT2D eigenvalue weighted by Gasteiger charge is 2.32. The van der Waals surface area contributed by atoms with Gasteiger partial charge in [0.05, 0.1) is 19.5 Å². The molecule has 1 saturated heterocycles. The number of nitrogens with zero attached hydrogens (tertiary/aromatic N) is 3. The van der Waals surface area contributed by atoms with Crippen LogP contribution in [0.5, 0.6) is 0 Å². The number of halogens is 2. The van der Waals surface area contributed by atoms with E-state index in [1.807, 2.05) is 93.3 Å². The minimum atomic E-state index is -0.359. The Balaban J connectivity index is 0.000000438. The molecule has 0 bridgehead atoms. The van der Waals surface area contributed by atoms with E-state index in [9.17, 15) is 14.4 Å². The quantitative estimate of drug-likeness (QED) is 0.254. The number of likely N-dealkylation sites (tertiary alicyclic amines) is 1. The maximum absolute atomic E-state index is 13.1. The Morgan fingerprint density at radius 1 is 1.05 bits per heavy atom. The van der Waals surface area contributed by atoms with Crippen LogP contribution in [0.4, 0.5) is 5.82 Å². The fourth-order valence-corrected chi connectivity index (χ4v) is 4.66. The molecule has 0 spiro atoms. The first-order chi connectivity index (χ1) is 20.1. The summed E-state index contributed by atoms with van der Waals surface area (Å²) in [6, 6.07) is 19.9. The van der Waals surface area contributed by atoms with Crippen molar-refractivity contribution >= 4 is 48.9 Å². The Morgan fingerprint density at radius 3 is 2.20 bits per heavy atom. The molecular weight excluding hydrogens is 601 g/mol. The van der Waals surface area contributed by atoms with Gasteiger partial charge in [0.25, 0.3) is 0 Å². The minimum Gasteiger partial charge on any atom is -0.375 e. The third-order valence-corrected chi connectivity index (χ3v) is 7.10. The fraction of sp³-hybridized carbons (Fsp3) is 0.455. The third kappa shape index (κ3) is 12.3. The van der Waals surface area contributed by atoms with E-state index >= 15 is 0 Å². The van der Waals surface area contributed by atoms with Crippen molar-refractivity contribution in [3.8, 4) is 0 Å². The van der Waals surface area contributed by atoms with Crippen molar-refractivity contribution in [2.24, 2.45) is 5.41 Å². The predicted molar refractivity (Wildman–Crippen MR) is 179 cm³/mol. The van der Waals surface area contributed by atoms with Crippen molar-refractivity contribution in [1.29, 1.82) is 0 Å². The summed E-state index contributed by atoms with van der Waals surface area (Å²) in [5, 5.41) is 5.47. The Labute approximate surface area is 274 Å². The maximum Gasteiger partial charge on any atom is 0.246 e. The number of hydrogen-bond donors (Lipinski definition) is 2. The molecule has 0 saturated carbocycles. The van der Waals surface area contributed by atoms with Crippen LogP contribution in [-0.4, -0.2) is 57.9 Å². The molecule has 1 aliphatic rings. The van der Waals surface area contributed by atoms with Gasteiger partial charge >= 0.3 is 0 Å². The number of benzene rings is 2. The number of carbonyl (C=O) groups is 3. The van der Waals surface area contributed by atoms with Crippen LogP contribution in [0.25, 0.3) is 0 Å². The second-order valence-corrected chi connectivity index (χ2v) is 11.8. The summed E-state index contributed by atoms with van der Waals surface area (Å²) in [5.41, 5.74) is 1.89. The summed E-state index contributed by atoms with van der Waals surface area (Å²) in [5.74, 6) is 0.613. The second kappa shape index (κ2) is 19.1. The van der Waals surface area contributed by atoms with E-state index in [0.717, 1.165) is 30.5 Å². The van der Waals surface area contributed by atoms with E-state index in [1.165, 1.54) is 0 Å². The lowest BCUT2D eigenvalue weighted by molar-refractivity contribution is -0.135. The average molecular weight is 649 g/mol. The zero-order valence-corrected chi connectivity index (χ0v) is 27.9. The molecule has 3 aromatic rings. The van der Waals surface area contributed by atoms with Crippen LogP contribution in [0, 0.1) is 5.41 Å². The van der Waals surface area contributed by atoms with Crippen molar-refractivity contribution in [3.63, 3.8) is 0 Å². The van der Waals surface area contributed by atoms with Gasteiger partial charge < -0.3 is 24.8 Å². The van der Waals surface area contributed by atoms with Gasteiger partial charge in [0, 0.05) is 36.7 Å². The summed E-state index contributed by atoms with van der Waals surface area (Å²) >= 11 is 0. The lowest BCUT2D eigenvalue weighted by atomic mass is 9.95. The van der Waals surface area contributed by atoms with Crippen LogP contribution >= 0.6 is 24.8 Å². The van der Waals surface area contributed by atoms with Gasteiger partial charge in [-0.25, -0.2) is 4.98 Å². The molecule has 0 radical (unpaired) electrons. The first-order valence-corrected chi connectivity index (χ1v) is 14.6. The molecule has 1 aromatic heterocycles. The lowest BCUT2D eigenvalue weighted by Gasteiger charge is -2.27. The van der Waals surface area contributed by atoms with Crippen molar-refractivity contribution < 1.29 is 19.1 Å². The van der Waals surface area contributed by atoms with E-state index in [2.05, 4.69) is 22.5 Å². The molecule has 1 aliphatic heterocycles. The summed E-state index contributed by atoms with van der Waals surface area (Å²) in [7, 11) is 0. The Kier molecular flexibility index (Phi) is 16.8. The second-order valence-electron chi connectivity index (χ2n) is 11.8. The average Bonchev–Trinajstić information content (AvgIpc) is 3.61. The summed E-state index contributed by atoms with van der Waals surface area (Å²) in [6.07, 6.45) is 6.60. The molecule has 1 fully saturated rings. The summed E-state index contributed by atoms with van der Waals surface area (Å²) < 4.78 is 7.38. The van der Waals surface area contributed by atoms with E-state index in [0.29, 0.717) is 31.9 Å². The molecule has 242 valence electrons. The number of carbonyl (C=O) groups excluding carboxylic acids is 3. The summed E-state index contributed by atoms with van der Waals surface area (Å²) in [6.45, 7) is 11.7. The Bertz CT molecular complexity index is 1270. The van der Waals surface area contributed by atoms with Gasteiger partial charge in [0.2, 0.25) is 18.2 Å². The van der Waals surface area contributed by atoms with Crippen molar-refractivity contribution in [2.75, 3.05) is 18.5 Å². The summed E-state index contributed by atoms with van der Waals surface area (Å²) in [4.78, 5) is 41.6. The zero-order chi connectivity index (χ0) is 30.5. The molecule has 44 heavy (non-hydrogen) atoms. The van der Waals surface area contributed by atoms with E-state index in [-0.39, 0.29) is 60.2 Å². The third-order valence-electron chi connectivity index (χ3n) is 7.10. The smallest absolute Gasteiger partial charge is 0.246 e. The molecular formula is C33H47Cl2N5O4. The number of imidazole rings is 1. The highest BCUT2D eigenvalue weighted by Crippen LogP contribution is 2.25. The van der Waals surface area contributed by atoms with Gasteiger partial charge in [0.15, 0.2) is 5.82 Å². The first kappa shape index (κ1) is 38.6. The molecule has 2 aromatic carbocycles. The van der Waals surface area contributed by atoms with Crippen LogP contribution in [0.2, 0.25) is 0 Å². The molecule has 9 nitrogen and oxygen atoms in total. The van der Waals surface area contributed by atoms with Crippen molar-refractivity contribution in [3.05, 3.63) is 84.3 Å². The van der Waals surface area contributed by atoms with E-state index < -0.39 is 0 Å². The highest BCUT2D eigenvalue weighted by molar-refractivity contribution is 5.85. The number of amides is 3. The zero-order valence-electron chi connectivity index (χ0n) is 26.3. The van der Waals surface area contributed by atoms with Gasteiger partial charge in [0.1, 0.15) is 6.04 Å². The van der Waals surface area contributed by atoms with E-state index in [4.69, 9.17) is 4.74 Å². The molecule has 2 N–H and O–H groups in total. The molecule has 0 aliphatic carbocycles. The monoisotopic (exact) mass is 647 g/mol.